The highest BCUT2D eigenvalue weighted by Crippen LogP contribution is 2.36. The Morgan fingerprint density at radius 1 is 0.860 bits per heavy atom. The molecule has 0 spiro atoms. The predicted molar refractivity (Wildman–Crippen MR) is 170 cm³/mol. The third kappa shape index (κ3) is 5.06. The van der Waals surface area contributed by atoms with E-state index in [1.54, 1.807) is 42.6 Å². The molecule has 0 atom stereocenters. The van der Waals surface area contributed by atoms with E-state index in [9.17, 15) is 14.4 Å². The number of anilines is 2. The van der Waals surface area contributed by atoms with Gasteiger partial charge in [-0.3, -0.25) is 9.78 Å². The van der Waals surface area contributed by atoms with Crippen LogP contribution in [0.3, 0.4) is 0 Å². The monoisotopic (exact) mass is 591 g/mol. The second-order valence-corrected chi connectivity index (χ2v) is 10.9. The number of aromatic nitrogens is 1. The molecule has 1 aliphatic rings. The van der Waals surface area contributed by atoms with Gasteiger partial charge in [0.2, 0.25) is 5.78 Å². The second-order valence-electron chi connectivity index (χ2n) is 10.5. The number of ether oxygens (including phenoxy) is 1. The summed E-state index contributed by atoms with van der Waals surface area (Å²) in [6, 6.07) is 19.7. The molecule has 1 aliphatic heterocycles. The van der Waals surface area contributed by atoms with E-state index in [2.05, 4.69) is 4.98 Å². The number of fused-ring (bicyclic) bond motifs is 3. The number of rotatable bonds is 5. The summed E-state index contributed by atoms with van der Waals surface area (Å²) < 4.78 is 11.3. The fraction of sp³-hybridized carbons (Fsp3) is 0.118. The first-order chi connectivity index (χ1) is 20.6. The lowest BCUT2D eigenvalue weighted by Gasteiger charge is -2.20. The van der Waals surface area contributed by atoms with Gasteiger partial charge in [-0.25, -0.2) is 9.59 Å². The SMILES string of the molecule is CN(C)c1ccc2c(c1)OC(=O)/C(=C/C(=C/c1c(Cl)c3ccc(N(C)C)cc3oc1=O)c1ccnc3ccccc13)C2=O. The van der Waals surface area contributed by atoms with Crippen molar-refractivity contribution in [3.8, 4) is 5.75 Å². The van der Waals surface area contributed by atoms with Gasteiger partial charge in [0, 0.05) is 68.7 Å². The summed E-state index contributed by atoms with van der Waals surface area (Å²) in [6.45, 7) is 0. The van der Waals surface area contributed by atoms with Crippen LogP contribution in [0.4, 0.5) is 11.4 Å². The van der Waals surface area contributed by atoms with Crippen molar-refractivity contribution in [2.45, 2.75) is 0 Å². The van der Waals surface area contributed by atoms with Gasteiger partial charge in [0.15, 0.2) is 0 Å². The largest absolute Gasteiger partial charge is 0.422 e. The van der Waals surface area contributed by atoms with Crippen molar-refractivity contribution < 1.29 is 18.7 Å². The van der Waals surface area contributed by atoms with Gasteiger partial charge < -0.3 is 19.0 Å². The summed E-state index contributed by atoms with van der Waals surface area (Å²) >= 11 is 6.82. The summed E-state index contributed by atoms with van der Waals surface area (Å²) in [4.78, 5) is 48.4. The quantitative estimate of drug-likeness (QED) is 0.0762. The molecule has 0 saturated heterocycles. The Kier molecular flexibility index (Phi) is 7.07. The van der Waals surface area contributed by atoms with Crippen LogP contribution < -0.4 is 20.2 Å². The summed E-state index contributed by atoms with van der Waals surface area (Å²) in [7, 11) is 7.47. The van der Waals surface area contributed by atoms with E-state index in [1.807, 2.05) is 68.3 Å². The summed E-state index contributed by atoms with van der Waals surface area (Å²) in [5.74, 6) is -1.10. The highest BCUT2D eigenvalue weighted by Gasteiger charge is 2.31. The zero-order chi connectivity index (χ0) is 30.4. The number of esters is 1. The molecule has 5 aromatic rings. The first kappa shape index (κ1) is 27.9. The second kappa shape index (κ2) is 10.9. The minimum atomic E-state index is -0.800. The van der Waals surface area contributed by atoms with Crippen LogP contribution in [0.5, 0.6) is 5.75 Å². The van der Waals surface area contributed by atoms with Gasteiger partial charge >= 0.3 is 11.6 Å². The molecule has 43 heavy (non-hydrogen) atoms. The zero-order valence-corrected chi connectivity index (χ0v) is 24.6. The fourth-order valence-corrected chi connectivity index (χ4v) is 5.29. The molecule has 3 aromatic carbocycles. The minimum absolute atomic E-state index is 0.0761. The number of carbonyl (C=O) groups excluding carboxylic acids is 2. The molecule has 0 bridgehead atoms. The standard InChI is InChI=1S/C34H26ClN3O5/c1-37(2)20-9-11-24-29(17-20)42-33(40)26(31(24)35)15-19(22-13-14-36-28-8-6-5-7-23(22)28)16-27-32(39)25-12-10-21(38(3)4)18-30(25)43-34(27)41/h5-18H,1-4H3/b19-15-,27-16+. The van der Waals surface area contributed by atoms with Crippen LogP contribution in [0, 0.1) is 0 Å². The van der Waals surface area contributed by atoms with E-state index < -0.39 is 17.4 Å². The average molecular weight is 592 g/mol. The maximum atomic E-state index is 13.7. The fourth-order valence-electron chi connectivity index (χ4n) is 5.00. The molecule has 6 rings (SSSR count). The Balaban J connectivity index is 1.57. The van der Waals surface area contributed by atoms with Gasteiger partial charge in [0.25, 0.3) is 0 Å². The molecular formula is C34H26ClN3O5. The van der Waals surface area contributed by atoms with Crippen molar-refractivity contribution in [3.05, 3.63) is 117 Å². The number of pyridine rings is 1. The maximum Gasteiger partial charge on any atom is 0.347 e. The Morgan fingerprint density at radius 2 is 1.58 bits per heavy atom. The zero-order valence-electron chi connectivity index (χ0n) is 23.8. The molecule has 0 fully saturated rings. The molecule has 0 saturated carbocycles. The number of allylic oxidation sites excluding steroid dienone is 2. The van der Waals surface area contributed by atoms with E-state index >= 15 is 0 Å². The molecule has 0 N–H and O–H groups in total. The van der Waals surface area contributed by atoms with Gasteiger partial charge in [0.05, 0.1) is 21.7 Å². The molecule has 9 heteroatoms. The number of benzene rings is 3. The number of hydrogen-bond donors (Lipinski definition) is 0. The van der Waals surface area contributed by atoms with E-state index in [1.165, 1.54) is 12.2 Å². The van der Waals surface area contributed by atoms with Crippen LogP contribution in [0.1, 0.15) is 21.5 Å². The molecular weight excluding hydrogens is 566 g/mol. The lowest BCUT2D eigenvalue weighted by molar-refractivity contribution is -0.130. The first-order valence-electron chi connectivity index (χ1n) is 13.4. The molecule has 8 nitrogen and oxygen atoms in total. The van der Waals surface area contributed by atoms with Crippen LogP contribution in [-0.2, 0) is 4.79 Å². The van der Waals surface area contributed by atoms with E-state index in [0.717, 1.165) is 16.8 Å². The average Bonchev–Trinajstić information content (AvgIpc) is 2.99. The topological polar surface area (TPSA) is 92.9 Å². The number of nitrogens with zero attached hydrogens (tertiary/aromatic N) is 3. The van der Waals surface area contributed by atoms with E-state index in [-0.39, 0.29) is 27.5 Å². The van der Waals surface area contributed by atoms with Crippen LogP contribution >= 0.6 is 11.6 Å². The summed E-state index contributed by atoms with van der Waals surface area (Å²) in [5.41, 5.74) is 3.15. The first-order valence-corrected chi connectivity index (χ1v) is 13.8. The van der Waals surface area contributed by atoms with Gasteiger partial charge in [-0.15, -0.1) is 0 Å². The Bertz CT molecular complexity index is 2090. The normalized spacial score (nSPS) is 14.3. The maximum absolute atomic E-state index is 13.7. The number of carbonyl (C=O) groups is 2. The minimum Gasteiger partial charge on any atom is -0.422 e. The Hall–Kier alpha value is -5.21. The number of para-hydroxylation sites is 1. The number of Topliss-reactive ketones (excluding diaryl/α,β-unsaturated/α-hetero) is 1. The van der Waals surface area contributed by atoms with Gasteiger partial charge in [-0.1, -0.05) is 29.8 Å². The highest BCUT2D eigenvalue weighted by molar-refractivity contribution is 6.37. The molecule has 0 radical (unpaired) electrons. The number of ketones is 1. The Morgan fingerprint density at radius 3 is 2.35 bits per heavy atom. The molecule has 0 aliphatic carbocycles. The van der Waals surface area contributed by atoms with Crippen molar-refractivity contribution in [2.75, 3.05) is 38.0 Å². The summed E-state index contributed by atoms with van der Waals surface area (Å²) in [5, 5.41) is 1.48. The lowest BCUT2D eigenvalue weighted by atomic mass is 9.93. The predicted octanol–water partition coefficient (Wildman–Crippen LogP) is 6.40. The molecule has 3 heterocycles. The van der Waals surface area contributed by atoms with Crippen LogP contribution in [0.2, 0.25) is 5.02 Å². The summed E-state index contributed by atoms with van der Waals surface area (Å²) in [6.07, 6.45) is 4.59. The molecule has 2 aromatic heterocycles. The highest BCUT2D eigenvalue weighted by atomic mass is 35.5. The smallest absolute Gasteiger partial charge is 0.347 e. The molecule has 0 unspecified atom stereocenters. The van der Waals surface area contributed by atoms with Crippen molar-refractivity contribution in [1.29, 1.82) is 0 Å². The van der Waals surface area contributed by atoms with E-state index in [0.29, 0.717) is 27.6 Å². The van der Waals surface area contributed by atoms with E-state index in [4.69, 9.17) is 20.8 Å². The third-order valence-electron chi connectivity index (χ3n) is 7.33. The lowest BCUT2D eigenvalue weighted by Crippen LogP contribution is -2.25. The van der Waals surface area contributed by atoms with Crippen molar-refractivity contribution >= 4 is 68.2 Å². The van der Waals surface area contributed by atoms with Gasteiger partial charge in [-0.2, -0.15) is 0 Å². The van der Waals surface area contributed by atoms with Gasteiger partial charge in [-0.05, 0) is 59.7 Å². The van der Waals surface area contributed by atoms with Crippen molar-refractivity contribution in [3.63, 3.8) is 0 Å². The molecule has 0 amide bonds. The Labute approximate surface area is 252 Å². The van der Waals surface area contributed by atoms with Crippen LogP contribution in [0.25, 0.3) is 33.5 Å². The van der Waals surface area contributed by atoms with Crippen molar-refractivity contribution in [1.82, 2.24) is 4.98 Å². The van der Waals surface area contributed by atoms with Crippen molar-refractivity contribution in [2.24, 2.45) is 0 Å². The molecule has 214 valence electrons. The number of hydrogen-bond acceptors (Lipinski definition) is 8. The number of halogens is 1. The van der Waals surface area contributed by atoms with Gasteiger partial charge in [0.1, 0.15) is 16.9 Å². The van der Waals surface area contributed by atoms with Crippen LogP contribution in [0.15, 0.2) is 93.8 Å². The third-order valence-corrected chi connectivity index (χ3v) is 7.74. The van der Waals surface area contributed by atoms with Crippen LogP contribution in [-0.4, -0.2) is 44.9 Å².